The number of para-hydroxylation sites is 5. The largest absolute Gasteiger partial charge is 0.310 e. The van der Waals surface area contributed by atoms with Gasteiger partial charge in [-0.2, -0.15) is 0 Å². The molecule has 0 amide bonds. The van der Waals surface area contributed by atoms with E-state index >= 15 is 0 Å². The van der Waals surface area contributed by atoms with Gasteiger partial charge in [-0.15, -0.1) is 0 Å². The molecule has 0 saturated carbocycles. The van der Waals surface area contributed by atoms with E-state index in [1.165, 1.54) is 93.3 Å². The molecule has 58 heavy (non-hydrogen) atoms. The summed E-state index contributed by atoms with van der Waals surface area (Å²) in [6, 6.07) is 67.1. The van der Waals surface area contributed by atoms with Crippen LogP contribution in [0.1, 0.15) is 17.7 Å². The van der Waals surface area contributed by atoms with Gasteiger partial charge in [0.1, 0.15) is 0 Å². The first-order valence-corrected chi connectivity index (χ1v) is 20.3. The molecule has 272 valence electrons. The van der Waals surface area contributed by atoms with E-state index < -0.39 is 0 Å². The monoisotopic (exact) mass is 740 g/mol. The predicted molar refractivity (Wildman–Crippen MR) is 244 cm³/mol. The third-order valence-corrected chi connectivity index (χ3v) is 12.6. The Balaban J connectivity index is 0.996. The van der Waals surface area contributed by atoms with Crippen LogP contribution in [-0.2, 0) is 6.42 Å². The Morgan fingerprint density at radius 3 is 1.17 bits per heavy atom. The molecule has 4 heterocycles. The van der Waals surface area contributed by atoms with Crippen molar-refractivity contribution in [2.75, 3.05) is 0 Å². The van der Waals surface area contributed by atoms with E-state index in [0.29, 0.717) is 0 Å². The van der Waals surface area contributed by atoms with Crippen molar-refractivity contribution in [2.24, 2.45) is 0 Å². The summed E-state index contributed by atoms with van der Waals surface area (Å²) in [6.07, 6.45) is 6.80. The van der Waals surface area contributed by atoms with E-state index in [1.54, 1.807) is 0 Å². The zero-order chi connectivity index (χ0) is 37.9. The number of hydrogen-bond acceptors (Lipinski definition) is 0. The molecule has 1 aliphatic carbocycles. The molecule has 0 N–H and O–H groups in total. The fourth-order valence-corrected chi connectivity index (χ4v) is 10.2. The third-order valence-electron chi connectivity index (χ3n) is 12.6. The molecule has 0 atom stereocenters. The van der Waals surface area contributed by atoms with E-state index in [1.807, 2.05) is 0 Å². The van der Waals surface area contributed by atoms with Gasteiger partial charge in [0.15, 0.2) is 0 Å². The van der Waals surface area contributed by atoms with Crippen LogP contribution in [0.5, 0.6) is 0 Å². The van der Waals surface area contributed by atoms with Gasteiger partial charge < -0.3 is 18.3 Å². The standard InChI is InChI=1S/C54H36N4/c1-7-22-47-39(16-1)40-17-2-8-23-48(40)57(47)37-28-30-53-45(33-37)43-20-5-11-26-51(43)55(53)35-14-13-15-36(32-35)56-52-27-12-6-21-44(52)46-34-38(29-31-54(46)56)58-49-24-9-3-18-41(49)42-19-4-10-25-50(42)58/h1-3,5-18,20-34H,4,19H2. The Bertz CT molecular complexity index is 3640. The van der Waals surface area contributed by atoms with Gasteiger partial charge in [0.2, 0.25) is 0 Å². The maximum Gasteiger partial charge on any atom is 0.0542 e. The lowest BCUT2D eigenvalue weighted by molar-refractivity contribution is 0.968. The molecular formula is C54H36N4. The number of nitrogens with zero attached hydrogens (tertiary/aromatic N) is 4. The highest BCUT2D eigenvalue weighted by Crippen LogP contribution is 2.40. The summed E-state index contributed by atoms with van der Waals surface area (Å²) in [6.45, 7) is 0. The Morgan fingerprint density at radius 2 is 0.672 bits per heavy atom. The van der Waals surface area contributed by atoms with Crippen LogP contribution in [0.4, 0.5) is 0 Å². The van der Waals surface area contributed by atoms with Crippen LogP contribution in [0.2, 0.25) is 0 Å². The number of fused-ring (bicyclic) bond motifs is 12. The Labute approximate surface area is 334 Å². The van der Waals surface area contributed by atoms with Crippen molar-refractivity contribution in [2.45, 2.75) is 12.8 Å². The van der Waals surface area contributed by atoms with Crippen molar-refractivity contribution < 1.29 is 0 Å². The first-order valence-electron chi connectivity index (χ1n) is 20.3. The molecule has 4 aromatic heterocycles. The van der Waals surface area contributed by atoms with Gasteiger partial charge >= 0.3 is 0 Å². The van der Waals surface area contributed by atoms with Crippen LogP contribution >= 0.6 is 0 Å². The molecule has 0 saturated heterocycles. The van der Waals surface area contributed by atoms with Gasteiger partial charge in [0.05, 0.1) is 38.6 Å². The predicted octanol–water partition coefficient (Wildman–Crippen LogP) is 13.9. The molecule has 0 fully saturated rings. The summed E-state index contributed by atoms with van der Waals surface area (Å²) >= 11 is 0. The summed E-state index contributed by atoms with van der Waals surface area (Å²) in [5, 5.41) is 8.87. The topological polar surface area (TPSA) is 19.7 Å². The summed E-state index contributed by atoms with van der Waals surface area (Å²) in [5.41, 5.74) is 15.9. The number of rotatable bonds is 4. The lowest BCUT2D eigenvalue weighted by atomic mass is 10.0. The minimum absolute atomic E-state index is 1.08. The van der Waals surface area contributed by atoms with Gasteiger partial charge in [-0.1, -0.05) is 103 Å². The fourth-order valence-electron chi connectivity index (χ4n) is 10.2. The van der Waals surface area contributed by atoms with E-state index in [4.69, 9.17) is 0 Å². The summed E-state index contributed by atoms with van der Waals surface area (Å²) in [4.78, 5) is 0. The smallest absolute Gasteiger partial charge is 0.0542 e. The maximum atomic E-state index is 2.46. The van der Waals surface area contributed by atoms with Crippen LogP contribution in [0, 0.1) is 0 Å². The highest BCUT2D eigenvalue weighted by atomic mass is 15.0. The third kappa shape index (κ3) is 4.34. The molecule has 13 rings (SSSR count). The average Bonchev–Trinajstić information content (AvgIpc) is 4.01. The highest BCUT2D eigenvalue weighted by molar-refractivity contribution is 6.13. The van der Waals surface area contributed by atoms with Crippen molar-refractivity contribution in [1.29, 1.82) is 0 Å². The summed E-state index contributed by atoms with van der Waals surface area (Å²) in [7, 11) is 0. The van der Waals surface area contributed by atoms with Crippen LogP contribution in [-0.4, -0.2) is 18.3 Å². The molecular weight excluding hydrogens is 705 g/mol. The van der Waals surface area contributed by atoms with Gasteiger partial charge in [0, 0.05) is 66.1 Å². The van der Waals surface area contributed by atoms with E-state index in [2.05, 4.69) is 212 Å². The van der Waals surface area contributed by atoms with Crippen molar-refractivity contribution in [1.82, 2.24) is 18.3 Å². The van der Waals surface area contributed by atoms with E-state index in [9.17, 15) is 0 Å². The lowest BCUT2D eigenvalue weighted by Crippen LogP contribution is -2.01. The summed E-state index contributed by atoms with van der Waals surface area (Å²) in [5.74, 6) is 0. The molecule has 4 nitrogen and oxygen atoms in total. The molecule has 4 heteroatoms. The van der Waals surface area contributed by atoms with Crippen LogP contribution < -0.4 is 0 Å². The molecule has 1 aliphatic rings. The molecule has 0 unspecified atom stereocenters. The first kappa shape index (κ1) is 31.6. The zero-order valence-corrected chi connectivity index (χ0v) is 31.7. The van der Waals surface area contributed by atoms with E-state index in [0.717, 1.165) is 29.9 Å². The Kier molecular flexibility index (Phi) is 6.53. The second-order valence-electron chi connectivity index (χ2n) is 15.7. The van der Waals surface area contributed by atoms with Crippen molar-refractivity contribution in [3.63, 3.8) is 0 Å². The SMILES string of the molecule is C1=Cc2c(c3ccccc3n2-c2ccc3c(c2)c2ccccc2n3-c2cccc(-n3c4ccccc4c4cc(-n5c6ccccc6c6ccccc65)ccc43)c2)CC1. The minimum Gasteiger partial charge on any atom is -0.310 e. The highest BCUT2D eigenvalue weighted by Gasteiger charge is 2.21. The van der Waals surface area contributed by atoms with Crippen LogP contribution in [0.15, 0.2) is 188 Å². The lowest BCUT2D eigenvalue weighted by Gasteiger charge is -2.14. The zero-order valence-electron chi connectivity index (χ0n) is 31.7. The fraction of sp³-hybridized carbons (Fsp3) is 0.0370. The van der Waals surface area contributed by atoms with Gasteiger partial charge in [-0.25, -0.2) is 0 Å². The first-order chi connectivity index (χ1) is 28.8. The molecule has 8 aromatic carbocycles. The van der Waals surface area contributed by atoms with Gasteiger partial charge in [-0.05, 0) is 109 Å². The van der Waals surface area contributed by atoms with Crippen molar-refractivity contribution >= 4 is 82.4 Å². The van der Waals surface area contributed by atoms with Gasteiger partial charge in [-0.3, -0.25) is 0 Å². The summed E-state index contributed by atoms with van der Waals surface area (Å²) < 4.78 is 9.75. The van der Waals surface area contributed by atoms with Crippen LogP contribution in [0.25, 0.3) is 105 Å². The number of hydrogen-bond donors (Lipinski definition) is 0. The minimum atomic E-state index is 1.08. The molecule has 12 aromatic rings. The number of benzene rings is 8. The van der Waals surface area contributed by atoms with Crippen LogP contribution in [0.3, 0.4) is 0 Å². The Morgan fingerprint density at radius 1 is 0.293 bits per heavy atom. The molecule has 0 radical (unpaired) electrons. The second-order valence-corrected chi connectivity index (χ2v) is 15.7. The van der Waals surface area contributed by atoms with Crippen molar-refractivity contribution in [3.05, 3.63) is 199 Å². The second kappa shape index (κ2) is 12.0. The quantitative estimate of drug-likeness (QED) is 0.171. The molecule has 0 aliphatic heterocycles. The number of aromatic nitrogens is 4. The number of allylic oxidation sites excluding steroid dienone is 1. The molecule has 0 spiro atoms. The normalized spacial score (nSPS) is 13.0. The number of aryl methyl sites for hydroxylation is 1. The average molecular weight is 741 g/mol. The Hall–Kier alpha value is -7.56. The van der Waals surface area contributed by atoms with Crippen molar-refractivity contribution in [3.8, 4) is 22.7 Å². The van der Waals surface area contributed by atoms with E-state index in [-0.39, 0.29) is 0 Å². The van der Waals surface area contributed by atoms with Gasteiger partial charge in [0.25, 0.3) is 0 Å². The molecule has 0 bridgehead atoms. The maximum absolute atomic E-state index is 2.46.